The Balaban J connectivity index is 1.82. The molecule has 0 bridgehead atoms. The van der Waals surface area contributed by atoms with E-state index < -0.39 is 0 Å². The van der Waals surface area contributed by atoms with Crippen LogP contribution in [0.3, 0.4) is 0 Å². The number of aromatic nitrogens is 2. The number of nitrogens with two attached hydrogens (primary N) is 1. The van der Waals surface area contributed by atoms with E-state index in [1.165, 1.54) is 0 Å². The third-order valence-corrected chi connectivity index (χ3v) is 2.97. The van der Waals surface area contributed by atoms with E-state index in [4.69, 9.17) is 10.5 Å². The second-order valence-corrected chi connectivity index (χ2v) is 4.77. The van der Waals surface area contributed by atoms with Crippen molar-refractivity contribution in [1.29, 1.82) is 0 Å². The summed E-state index contributed by atoms with van der Waals surface area (Å²) in [5, 5.41) is 3.08. The number of aliphatic imine (C=N–C) groups is 1. The van der Waals surface area contributed by atoms with Crippen LogP contribution in [0.5, 0.6) is 0 Å². The fourth-order valence-corrected chi connectivity index (χ4v) is 2.12. The van der Waals surface area contributed by atoms with Crippen LogP contribution < -0.4 is 11.1 Å². The van der Waals surface area contributed by atoms with Crippen molar-refractivity contribution in [2.24, 2.45) is 10.7 Å². The van der Waals surface area contributed by atoms with E-state index in [0.717, 1.165) is 43.2 Å². The van der Waals surface area contributed by atoms with Crippen LogP contribution >= 0.6 is 0 Å². The lowest BCUT2D eigenvalue weighted by molar-refractivity contribution is 0.114. The molecule has 0 aliphatic carbocycles. The molecule has 3 N–H and O–H groups in total. The van der Waals surface area contributed by atoms with Gasteiger partial charge in [-0.05, 0) is 32.8 Å². The van der Waals surface area contributed by atoms with Crippen LogP contribution in [0.15, 0.2) is 11.1 Å². The number of ether oxygens (including phenoxy) is 1. The fourth-order valence-electron chi connectivity index (χ4n) is 2.12. The van der Waals surface area contributed by atoms with E-state index in [9.17, 15) is 0 Å². The van der Waals surface area contributed by atoms with Gasteiger partial charge in [-0.25, -0.2) is 15.0 Å². The second-order valence-electron chi connectivity index (χ2n) is 4.77. The van der Waals surface area contributed by atoms with Gasteiger partial charge in [0.25, 0.3) is 0 Å². The van der Waals surface area contributed by atoms with E-state index in [2.05, 4.69) is 20.3 Å². The highest BCUT2D eigenvalue weighted by Gasteiger charge is 2.14. The van der Waals surface area contributed by atoms with Crippen molar-refractivity contribution in [1.82, 2.24) is 15.3 Å². The summed E-state index contributed by atoms with van der Waals surface area (Å²) in [6.07, 6.45) is 2.48. The van der Waals surface area contributed by atoms with Crippen molar-refractivity contribution in [3.63, 3.8) is 0 Å². The van der Waals surface area contributed by atoms with Crippen molar-refractivity contribution >= 4 is 5.96 Å². The third-order valence-electron chi connectivity index (χ3n) is 2.97. The zero-order valence-electron chi connectivity index (χ0n) is 11.5. The Morgan fingerprint density at radius 2 is 2.37 bits per heavy atom. The van der Waals surface area contributed by atoms with Crippen LogP contribution in [0.2, 0.25) is 0 Å². The first-order chi connectivity index (χ1) is 9.13. The van der Waals surface area contributed by atoms with Crippen LogP contribution in [-0.2, 0) is 11.3 Å². The molecule has 1 aliphatic heterocycles. The average Bonchev–Trinajstić information content (AvgIpc) is 2.86. The molecule has 2 heterocycles. The van der Waals surface area contributed by atoms with Crippen molar-refractivity contribution in [2.45, 2.75) is 39.3 Å². The van der Waals surface area contributed by atoms with Crippen molar-refractivity contribution in [3.05, 3.63) is 23.3 Å². The van der Waals surface area contributed by atoms with Gasteiger partial charge in [-0.1, -0.05) is 0 Å². The first-order valence-electron chi connectivity index (χ1n) is 6.60. The van der Waals surface area contributed by atoms with Gasteiger partial charge in [0.1, 0.15) is 5.82 Å². The highest BCUT2D eigenvalue weighted by Crippen LogP contribution is 2.10. The number of guanidine groups is 1. The summed E-state index contributed by atoms with van der Waals surface area (Å²) in [6.45, 7) is 5.86. The topological polar surface area (TPSA) is 85.4 Å². The van der Waals surface area contributed by atoms with Gasteiger partial charge in [0.15, 0.2) is 5.96 Å². The molecular weight excluding hydrogens is 242 g/mol. The van der Waals surface area contributed by atoms with E-state index in [1.807, 2.05) is 19.9 Å². The Hall–Kier alpha value is -1.69. The minimum absolute atomic E-state index is 0.261. The van der Waals surface area contributed by atoms with Gasteiger partial charge in [0.2, 0.25) is 0 Å². The molecule has 19 heavy (non-hydrogen) atoms. The number of hydrogen-bond acceptors (Lipinski definition) is 4. The minimum atomic E-state index is 0.261. The van der Waals surface area contributed by atoms with Crippen LogP contribution in [0.4, 0.5) is 0 Å². The Morgan fingerprint density at radius 1 is 1.53 bits per heavy atom. The normalized spacial score (nSPS) is 19.7. The molecule has 0 amide bonds. The maximum atomic E-state index is 5.82. The zero-order chi connectivity index (χ0) is 13.7. The molecule has 1 aliphatic rings. The number of rotatable bonds is 4. The molecule has 6 nitrogen and oxygen atoms in total. The molecule has 2 rings (SSSR count). The van der Waals surface area contributed by atoms with Gasteiger partial charge < -0.3 is 15.8 Å². The molecule has 0 aromatic carbocycles. The smallest absolute Gasteiger partial charge is 0.189 e. The monoisotopic (exact) mass is 263 g/mol. The Kier molecular flexibility index (Phi) is 4.68. The zero-order valence-corrected chi connectivity index (χ0v) is 11.5. The van der Waals surface area contributed by atoms with E-state index in [-0.39, 0.29) is 6.10 Å². The summed E-state index contributed by atoms with van der Waals surface area (Å²) >= 11 is 0. The average molecular weight is 263 g/mol. The molecule has 1 saturated heterocycles. The first kappa shape index (κ1) is 13.7. The molecule has 1 aromatic heterocycles. The van der Waals surface area contributed by atoms with Gasteiger partial charge >= 0.3 is 0 Å². The minimum Gasteiger partial charge on any atom is -0.376 e. The van der Waals surface area contributed by atoms with Crippen LogP contribution in [0.25, 0.3) is 0 Å². The first-order valence-corrected chi connectivity index (χ1v) is 6.60. The van der Waals surface area contributed by atoms with Crippen LogP contribution in [0.1, 0.15) is 30.1 Å². The molecule has 1 atom stereocenters. The van der Waals surface area contributed by atoms with Crippen LogP contribution in [-0.4, -0.2) is 35.2 Å². The quantitative estimate of drug-likeness (QED) is 0.616. The predicted molar refractivity (Wildman–Crippen MR) is 73.8 cm³/mol. The summed E-state index contributed by atoms with van der Waals surface area (Å²) < 4.78 is 5.50. The maximum Gasteiger partial charge on any atom is 0.189 e. The highest BCUT2D eigenvalue weighted by molar-refractivity contribution is 5.77. The third kappa shape index (κ3) is 4.48. The Bertz CT molecular complexity index is 434. The van der Waals surface area contributed by atoms with Gasteiger partial charge in [0.05, 0.1) is 18.3 Å². The lowest BCUT2D eigenvalue weighted by Gasteiger charge is -2.11. The second kappa shape index (κ2) is 6.47. The standard InChI is InChI=1S/C13H21N5O/c1-9-6-11(18-10(2)17-9)7-15-13(14)16-8-12-4-3-5-19-12/h6,12H,3-5,7-8H2,1-2H3,(H3,14,15,16). The molecule has 1 aromatic rings. The van der Waals surface area contributed by atoms with Gasteiger partial charge in [-0.3, -0.25) is 0 Å². The van der Waals surface area contributed by atoms with Crippen molar-refractivity contribution in [2.75, 3.05) is 13.2 Å². The van der Waals surface area contributed by atoms with E-state index >= 15 is 0 Å². The fraction of sp³-hybridized carbons (Fsp3) is 0.615. The molecule has 1 unspecified atom stereocenters. The largest absolute Gasteiger partial charge is 0.376 e. The van der Waals surface area contributed by atoms with Crippen molar-refractivity contribution in [3.8, 4) is 0 Å². The van der Waals surface area contributed by atoms with E-state index in [0.29, 0.717) is 12.5 Å². The lowest BCUT2D eigenvalue weighted by atomic mass is 10.2. The number of nitrogens with zero attached hydrogens (tertiary/aromatic N) is 3. The maximum absolute atomic E-state index is 5.82. The Morgan fingerprint density at radius 3 is 3.05 bits per heavy atom. The number of nitrogens with one attached hydrogen (secondary N) is 1. The SMILES string of the molecule is Cc1cc(CN=C(N)NCC2CCCO2)nc(C)n1. The Labute approximate surface area is 113 Å². The van der Waals surface area contributed by atoms with Gasteiger partial charge in [-0.15, -0.1) is 0 Å². The summed E-state index contributed by atoms with van der Waals surface area (Å²) in [6, 6.07) is 1.92. The van der Waals surface area contributed by atoms with Crippen molar-refractivity contribution < 1.29 is 4.74 Å². The molecule has 0 spiro atoms. The van der Waals surface area contributed by atoms with Gasteiger partial charge in [0, 0.05) is 18.8 Å². The molecular formula is C13H21N5O. The summed E-state index contributed by atoms with van der Waals surface area (Å²) in [5.74, 6) is 1.19. The van der Waals surface area contributed by atoms with Crippen LogP contribution in [0, 0.1) is 13.8 Å². The molecule has 0 radical (unpaired) electrons. The lowest BCUT2D eigenvalue weighted by Crippen LogP contribution is -2.37. The summed E-state index contributed by atoms with van der Waals surface area (Å²) in [4.78, 5) is 12.8. The molecule has 104 valence electrons. The highest BCUT2D eigenvalue weighted by atomic mass is 16.5. The summed E-state index contributed by atoms with van der Waals surface area (Å²) in [5.41, 5.74) is 7.64. The van der Waals surface area contributed by atoms with E-state index in [1.54, 1.807) is 0 Å². The number of aryl methyl sites for hydroxylation is 2. The number of hydrogen-bond donors (Lipinski definition) is 2. The molecule has 0 saturated carbocycles. The summed E-state index contributed by atoms with van der Waals surface area (Å²) in [7, 11) is 0. The molecule has 6 heteroatoms. The molecule has 1 fully saturated rings. The van der Waals surface area contributed by atoms with Gasteiger partial charge in [-0.2, -0.15) is 0 Å². The predicted octanol–water partition coefficient (Wildman–Crippen LogP) is 0.677.